The summed E-state index contributed by atoms with van der Waals surface area (Å²) < 4.78 is 0. The molecule has 0 atom stereocenters. The van der Waals surface area contributed by atoms with Crippen molar-refractivity contribution in [1.82, 2.24) is 4.98 Å². The summed E-state index contributed by atoms with van der Waals surface area (Å²) in [6, 6.07) is 8.11. The van der Waals surface area contributed by atoms with E-state index in [4.69, 9.17) is 0 Å². The van der Waals surface area contributed by atoms with Crippen LogP contribution in [0.15, 0.2) is 24.3 Å². The first-order valence-corrected chi connectivity index (χ1v) is 7.86. The molecule has 1 saturated carbocycles. The van der Waals surface area contributed by atoms with Crippen LogP contribution in [-0.2, 0) is 0 Å². The van der Waals surface area contributed by atoms with Crippen LogP contribution in [0.2, 0.25) is 0 Å². The van der Waals surface area contributed by atoms with Gasteiger partial charge in [0.25, 0.3) is 0 Å². The molecule has 1 aromatic carbocycles. The summed E-state index contributed by atoms with van der Waals surface area (Å²) >= 11 is 0. The average Bonchev–Trinajstić information content (AvgIpc) is 2.82. The zero-order valence-corrected chi connectivity index (χ0v) is 12.2. The van der Waals surface area contributed by atoms with Crippen molar-refractivity contribution in [3.05, 3.63) is 35.5 Å². The molecule has 106 valence electrons. The first kappa shape index (κ1) is 13.4. The second kappa shape index (κ2) is 5.82. The summed E-state index contributed by atoms with van der Waals surface area (Å²) in [6.45, 7) is 2.01. The highest BCUT2D eigenvalue weighted by Gasteiger charge is 2.19. The quantitative estimate of drug-likeness (QED) is 0.777. The molecule has 1 aliphatic rings. The number of fused-ring (bicyclic) bond motifs is 1. The van der Waals surface area contributed by atoms with Crippen LogP contribution >= 0.6 is 0 Å². The van der Waals surface area contributed by atoms with Crippen molar-refractivity contribution in [2.24, 2.45) is 5.92 Å². The van der Waals surface area contributed by atoms with Gasteiger partial charge in [-0.2, -0.15) is 0 Å². The highest BCUT2D eigenvalue weighted by Crippen LogP contribution is 2.29. The molecule has 2 aromatic rings. The van der Waals surface area contributed by atoms with Crippen LogP contribution < -0.4 is 0 Å². The van der Waals surface area contributed by atoms with Crippen molar-refractivity contribution < 1.29 is 4.79 Å². The molecule has 1 heterocycles. The predicted molar refractivity (Wildman–Crippen MR) is 83.2 cm³/mol. The molecule has 1 aliphatic carbocycles. The number of rotatable bonds is 4. The topological polar surface area (TPSA) is 32.9 Å². The standard InChI is InChI=1S/C18H23NO/c1-13-18(15-9-5-6-10-16(15)19-13)17(20)12-11-14-7-3-2-4-8-14/h5-6,9-10,14,19H,2-4,7-8,11-12H2,1H3. The van der Waals surface area contributed by atoms with Crippen LogP contribution in [0, 0.1) is 12.8 Å². The lowest BCUT2D eigenvalue weighted by molar-refractivity contribution is 0.0971. The van der Waals surface area contributed by atoms with Gasteiger partial charge in [-0.05, 0) is 25.3 Å². The number of H-pyrrole nitrogens is 1. The molecule has 0 unspecified atom stereocenters. The maximum atomic E-state index is 12.6. The fraction of sp³-hybridized carbons (Fsp3) is 0.500. The Morgan fingerprint density at radius 1 is 1.20 bits per heavy atom. The molecule has 0 saturated heterocycles. The van der Waals surface area contributed by atoms with E-state index in [2.05, 4.69) is 4.98 Å². The van der Waals surface area contributed by atoms with Gasteiger partial charge in [0.1, 0.15) is 0 Å². The third-order valence-corrected chi connectivity index (χ3v) is 4.68. The number of aryl methyl sites for hydroxylation is 1. The van der Waals surface area contributed by atoms with E-state index < -0.39 is 0 Å². The Labute approximate surface area is 120 Å². The van der Waals surface area contributed by atoms with Crippen molar-refractivity contribution in [2.45, 2.75) is 51.9 Å². The van der Waals surface area contributed by atoms with Gasteiger partial charge in [0.2, 0.25) is 0 Å². The van der Waals surface area contributed by atoms with Gasteiger partial charge in [0.15, 0.2) is 5.78 Å². The van der Waals surface area contributed by atoms with Crippen LogP contribution in [0.25, 0.3) is 10.9 Å². The minimum atomic E-state index is 0.311. The minimum absolute atomic E-state index is 0.311. The molecule has 0 bridgehead atoms. The summed E-state index contributed by atoms with van der Waals surface area (Å²) in [6.07, 6.45) is 8.49. The summed E-state index contributed by atoms with van der Waals surface area (Å²) in [5.74, 6) is 1.09. The highest BCUT2D eigenvalue weighted by atomic mass is 16.1. The first-order valence-electron chi connectivity index (χ1n) is 7.86. The van der Waals surface area contributed by atoms with E-state index in [1.54, 1.807) is 0 Å². The summed E-state index contributed by atoms with van der Waals surface area (Å²) in [7, 11) is 0. The number of ketones is 1. The van der Waals surface area contributed by atoms with Crippen LogP contribution in [0.4, 0.5) is 0 Å². The van der Waals surface area contributed by atoms with Crippen molar-refractivity contribution in [3.63, 3.8) is 0 Å². The third-order valence-electron chi connectivity index (χ3n) is 4.68. The first-order chi connectivity index (χ1) is 9.75. The Balaban J connectivity index is 1.73. The fourth-order valence-electron chi connectivity index (χ4n) is 3.57. The van der Waals surface area contributed by atoms with Crippen LogP contribution in [0.1, 0.15) is 61.0 Å². The number of hydrogen-bond acceptors (Lipinski definition) is 1. The maximum absolute atomic E-state index is 12.6. The molecule has 0 spiro atoms. The molecule has 0 aliphatic heterocycles. The van der Waals surface area contributed by atoms with E-state index in [0.717, 1.165) is 34.5 Å². The number of para-hydroxylation sites is 1. The Morgan fingerprint density at radius 2 is 1.95 bits per heavy atom. The van der Waals surface area contributed by atoms with Crippen molar-refractivity contribution in [1.29, 1.82) is 0 Å². The van der Waals surface area contributed by atoms with E-state index in [9.17, 15) is 4.79 Å². The average molecular weight is 269 g/mol. The highest BCUT2D eigenvalue weighted by molar-refractivity contribution is 6.09. The summed E-state index contributed by atoms with van der Waals surface area (Å²) in [5, 5.41) is 1.08. The van der Waals surface area contributed by atoms with Gasteiger partial charge in [0, 0.05) is 28.6 Å². The van der Waals surface area contributed by atoms with Gasteiger partial charge in [-0.3, -0.25) is 4.79 Å². The predicted octanol–water partition coefficient (Wildman–Crippen LogP) is 5.02. The zero-order valence-electron chi connectivity index (χ0n) is 12.2. The number of Topliss-reactive ketones (excluding diaryl/α,β-unsaturated/α-hetero) is 1. The SMILES string of the molecule is Cc1[nH]c2ccccc2c1C(=O)CCC1CCCCC1. The summed E-state index contributed by atoms with van der Waals surface area (Å²) in [4.78, 5) is 15.9. The van der Waals surface area contributed by atoms with Crippen molar-refractivity contribution in [3.8, 4) is 0 Å². The number of carbonyl (C=O) groups is 1. The smallest absolute Gasteiger partial charge is 0.165 e. The van der Waals surface area contributed by atoms with Crippen LogP contribution in [-0.4, -0.2) is 10.8 Å². The third kappa shape index (κ3) is 2.65. The molecule has 2 heteroatoms. The lowest BCUT2D eigenvalue weighted by atomic mass is 9.85. The lowest BCUT2D eigenvalue weighted by Crippen LogP contribution is -2.09. The molecule has 20 heavy (non-hydrogen) atoms. The fourth-order valence-corrected chi connectivity index (χ4v) is 3.57. The van der Waals surface area contributed by atoms with E-state index in [-0.39, 0.29) is 0 Å². The second-order valence-electron chi connectivity index (χ2n) is 6.14. The molecule has 0 amide bonds. The molecule has 3 rings (SSSR count). The number of carbonyl (C=O) groups excluding carboxylic acids is 1. The van der Waals surface area contributed by atoms with Gasteiger partial charge in [0.05, 0.1) is 0 Å². The van der Waals surface area contributed by atoms with Gasteiger partial charge >= 0.3 is 0 Å². The lowest BCUT2D eigenvalue weighted by Gasteiger charge is -2.20. The number of hydrogen-bond donors (Lipinski definition) is 1. The van der Waals surface area contributed by atoms with Crippen LogP contribution in [0.5, 0.6) is 0 Å². The Morgan fingerprint density at radius 3 is 2.75 bits per heavy atom. The Kier molecular flexibility index (Phi) is 3.90. The number of aromatic nitrogens is 1. The van der Waals surface area contributed by atoms with Crippen LogP contribution in [0.3, 0.4) is 0 Å². The minimum Gasteiger partial charge on any atom is -0.358 e. The maximum Gasteiger partial charge on any atom is 0.165 e. The molecular formula is C18H23NO. The molecule has 2 nitrogen and oxygen atoms in total. The second-order valence-corrected chi connectivity index (χ2v) is 6.14. The largest absolute Gasteiger partial charge is 0.358 e. The van der Waals surface area contributed by atoms with Gasteiger partial charge < -0.3 is 4.98 Å². The van der Waals surface area contributed by atoms with E-state index in [1.165, 1.54) is 32.1 Å². The normalized spacial score (nSPS) is 16.6. The molecular weight excluding hydrogens is 246 g/mol. The number of benzene rings is 1. The molecule has 1 aromatic heterocycles. The number of aromatic amines is 1. The monoisotopic (exact) mass is 269 g/mol. The van der Waals surface area contributed by atoms with Gasteiger partial charge in [-0.15, -0.1) is 0 Å². The Hall–Kier alpha value is -1.57. The molecule has 1 N–H and O–H groups in total. The van der Waals surface area contributed by atoms with E-state index in [0.29, 0.717) is 12.2 Å². The van der Waals surface area contributed by atoms with E-state index in [1.807, 2.05) is 31.2 Å². The van der Waals surface area contributed by atoms with Crippen molar-refractivity contribution in [2.75, 3.05) is 0 Å². The van der Waals surface area contributed by atoms with Gasteiger partial charge in [-0.1, -0.05) is 50.3 Å². The van der Waals surface area contributed by atoms with Gasteiger partial charge in [-0.25, -0.2) is 0 Å². The van der Waals surface area contributed by atoms with E-state index >= 15 is 0 Å². The number of nitrogens with one attached hydrogen (secondary N) is 1. The Bertz CT molecular complexity index is 605. The summed E-state index contributed by atoms with van der Waals surface area (Å²) in [5.41, 5.74) is 3.00. The zero-order chi connectivity index (χ0) is 13.9. The van der Waals surface area contributed by atoms with Crippen molar-refractivity contribution >= 4 is 16.7 Å². The molecule has 0 radical (unpaired) electrons. The molecule has 1 fully saturated rings.